The zero-order valence-electron chi connectivity index (χ0n) is 7.51. The van der Waals surface area contributed by atoms with Crippen LogP contribution in [0.2, 0.25) is 5.02 Å². The number of halogens is 1. The monoisotopic (exact) mass is 197 g/mol. The summed E-state index contributed by atoms with van der Waals surface area (Å²) < 4.78 is 5.26. The van der Waals surface area contributed by atoms with Gasteiger partial charge in [-0.05, 0) is 25.1 Å². The molecule has 0 saturated carbocycles. The van der Waals surface area contributed by atoms with Crippen molar-refractivity contribution < 1.29 is 4.74 Å². The van der Waals surface area contributed by atoms with Crippen molar-refractivity contribution >= 4 is 11.6 Å². The highest BCUT2D eigenvalue weighted by Gasteiger charge is 2.21. The maximum Gasteiger partial charge on any atom is 0.125 e. The van der Waals surface area contributed by atoms with E-state index in [2.05, 4.69) is 5.32 Å². The van der Waals surface area contributed by atoms with E-state index in [1.807, 2.05) is 18.2 Å². The van der Waals surface area contributed by atoms with E-state index in [0.717, 1.165) is 17.3 Å². The van der Waals surface area contributed by atoms with Gasteiger partial charge in [0.15, 0.2) is 0 Å². The molecule has 0 aromatic heterocycles. The Morgan fingerprint density at radius 1 is 1.54 bits per heavy atom. The predicted molar refractivity (Wildman–Crippen MR) is 53.4 cm³/mol. The van der Waals surface area contributed by atoms with Crippen LogP contribution in [-0.2, 0) is 0 Å². The van der Waals surface area contributed by atoms with Crippen molar-refractivity contribution in [1.29, 1.82) is 0 Å². The summed E-state index contributed by atoms with van der Waals surface area (Å²) in [7, 11) is 1.67. The molecule has 0 radical (unpaired) electrons. The van der Waals surface area contributed by atoms with Crippen LogP contribution >= 0.6 is 11.6 Å². The first kappa shape index (κ1) is 8.85. The van der Waals surface area contributed by atoms with E-state index in [1.165, 1.54) is 12.0 Å². The van der Waals surface area contributed by atoms with Crippen molar-refractivity contribution in [2.24, 2.45) is 0 Å². The number of benzene rings is 1. The lowest BCUT2D eigenvalue weighted by atomic mass is 9.97. The average Bonchev–Trinajstić information content (AvgIpc) is 2.05. The zero-order chi connectivity index (χ0) is 9.26. The molecule has 0 amide bonds. The molecule has 2 nitrogen and oxygen atoms in total. The second-order valence-corrected chi connectivity index (χ2v) is 3.62. The summed E-state index contributed by atoms with van der Waals surface area (Å²) in [6, 6.07) is 6.24. The molecule has 1 N–H and O–H groups in total. The molecule has 13 heavy (non-hydrogen) atoms. The van der Waals surface area contributed by atoms with Crippen LogP contribution in [0.4, 0.5) is 0 Å². The molecule has 2 rings (SSSR count). The Labute approximate surface area is 82.9 Å². The van der Waals surface area contributed by atoms with E-state index in [-0.39, 0.29) is 0 Å². The highest BCUT2D eigenvalue weighted by molar-refractivity contribution is 6.30. The topological polar surface area (TPSA) is 21.3 Å². The van der Waals surface area contributed by atoms with Gasteiger partial charge in [-0.2, -0.15) is 0 Å². The normalized spacial score (nSPS) is 20.9. The molecule has 1 atom stereocenters. The molecule has 1 aromatic rings. The fourth-order valence-corrected chi connectivity index (χ4v) is 1.69. The molecule has 1 aliphatic heterocycles. The minimum Gasteiger partial charge on any atom is -0.496 e. The standard InChI is InChI=1S/C10H12ClNO/c1-13-10-6-7(11)2-3-8(10)9-4-5-12-9/h2-3,6,9,12H,4-5H2,1H3. The van der Waals surface area contributed by atoms with E-state index in [9.17, 15) is 0 Å². The quantitative estimate of drug-likeness (QED) is 0.786. The minimum absolute atomic E-state index is 0.451. The maximum atomic E-state index is 5.86. The third kappa shape index (κ3) is 1.64. The summed E-state index contributed by atoms with van der Waals surface area (Å²) in [5.74, 6) is 0.879. The highest BCUT2D eigenvalue weighted by atomic mass is 35.5. The Kier molecular flexibility index (Phi) is 2.42. The Balaban J connectivity index is 2.32. The smallest absolute Gasteiger partial charge is 0.125 e. The van der Waals surface area contributed by atoms with Gasteiger partial charge >= 0.3 is 0 Å². The van der Waals surface area contributed by atoms with Crippen LogP contribution in [0.3, 0.4) is 0 Å². The van der Waals surface area contributed by atoms with Crippen molar-refractivity contribution in [3.05, 3.63) is 28.8 Å². The van der Waals surface area contributed by atoms with Crippen molar-refractivity contribution in [3.8, 4) is 5.75 Å². The molecule has 1 fully saturated rings. The highest BCUT2D eigenvalue weighted by Crippen LogP contribution is 2.32. The van der Waals surface area contributed by atoms with Gasteiger partial charge in [0.25, 0.3) is 0 Å². The Morgan fingerprint density at radius 2 is 2.31 bits per heavy atom. The predicted octanol–water partition coefficient (Wildman–Crippen LogP) is 2.38. The molecule has 1 aromatic carbocycles. The van der Waals surface area contributed by atoms with Gasteiger partial charge in [0.2, 0.25) is 0 Å². The van der Waals surface area contributed by atoms with E-state index in [0.29, 0.717) is 6.04 Å². The Bertz CT molecular complexity index is 310. The maximum absolute atomic E-state index is 5.86. The van der Waals surface area contributed by atoms with Crippen molar-refractivity contribution in [3.63, 3.8) is 0 Å². The summed E-state index contributed by atoms with van der Waals surface area (Å²) in [6.45, 7) is 1.09. The zero-order valence-corrected chi connectivity index (χ0v) is 8.27. The van der Waals surface area contributed by atoms with Gasteiger partial charge in [-0.15, -0.1) is 0 Å². The SMILES string of the molecule is COc1cc(Cl)ccc1C1CCN1. The second-order valence-electron chi connectivity index (χ2n) is 3.18. The van der Waals surface area contributed by atoms with Crippen LogP contribution in [0.15, 0.2) is 18.2 Å². The van der Waals surface area contributed by atoms with Gasteiger partial charge in [-0.25, -0.2) is 0 Å². The number of rotatable bonds is 2. The third-order valence-corrected chi connectivity index (χ3v) is 2.63. The molecular formula is C10H12ClNO. The number of ether oxygens (including phenoxy) is 1. The number of hydrogen-bond donors (Lipinski definition) is 1. The van der Waals surface area contributed by atoms with Crippen LogP contribution in [0.5, 0.6) is 5.75 Å². The van der Waals surface area contributed by atoms with Gasteiger partial charge in [-0.3, -0.25) is 0 Å². The Hall–Kier alpha value is -0.730. The summed E-state index contributed by atoms with van der Waals surface area (Å²) in [4.78, 5) is 0. The van der Waals surface area contributed by atoms with Crippen molar-refractivity contribution in [1.82, 2.24) is 5.32 Å². The van der Waals surface area contributed by atoms with Gasteiger partial charge in [0, 0.05) is 16.6 Å². The molecule has 1 saturated heterocycles. The molecule has 1 aliphatic rings. The largest absolute Gasteiger partial charge is 0.496 e. The third-order valence-electron chi connectivity index (χ3n) is 2.39. The average molecular weight is 198 g/mol. The first-order valence-electron chi connectivity index (χ1n) is 4.38. The lowest BCUT2D eigenvalue weighted by Crippen LogP contribution is -2.35. The molecule has 1 heterocycles. The first-order valence-corrected chi connectivity index (χ1v) is 4.76. The fourth-order valence-electron chi connectivity index (χ4n) is 1.53. The van der Waals surface area contributed by atoms with Gasteiger partial charge in [0.05, 0.1) is 7.11 Å². The van der Waals surface area contributed by atoms with Gasteiger partial charge in [-0.1, -0.05) is 17.7 Å². The van der Waals surface area contributed by atoms with Gasteiger partial charge in [0.1, 0.15) is 5.75 Å². The van der Waals surface area contributed by atoms with Crippen LogP contribution in [0, 0.1) is 0 Å². The molecule has 0 spiro atoms. The molecule has 1 unspecified atom stereocenters. The molecule has 70 valence electrons. The van der Waals surface area contributed by atoms with E-state index in [4.69, 9.17) is 16.3 Å². The summed E-state index contributed by atoms with van der Waals surface area (Å²) in [5.41, 5.74) is 1.21. The second kappa shape index (κ2) is 3.56. The van der Waals surface area contributed by atoms with Crippen LogP contribution < -0.4 is 10.1 Å². The lowest BCUT2D eigenvalue weighted by Gasteiger charge is -2.29. The van der Waals surface area contributed by atoms with Crippen molar-refractivity contribution in [2.45, 2.75) is 12.5 Å². The minimum atomic E-state index is 0.451. The summed E-state index contributed by atoms with van der Waals surface area (Å²) >= 11 is 5.86. The van der Waals surface area contributed by atoms with Crippen LogP contribution in [0.1, 0.15) is 18.0 Å². The van der Waals surface area contributed by atoms with E-state index in [1.54, 1.807) is 7.11 Å². The molecule has 0 bridgehead atoms. The lowest BCUT2D eigenvalue weighted by molar-refractivity contribution is 0.353. The Morgan fingerprint density at radius 3 is 2.85 bits per heavy atom. The van der Waals surface area contributed by atoms with E-state index < -0.39 is 0 Å². The molecular weight excluding hydrogens is 186 g/mol. The summed E-state index contributed by atoms with van der Waals surface area (Å²) in [5, 5.41) is 4.06. The van der Waals surface area contributed by atoms with E-state index >= 15 is 0 Å². The summed E-state index contributed by atoms with van der Waals surface area (Å²) in [6.07, 6.45) is 1.18. The van der Waals surface area contributed by atoms with Crippen molar-refractivity contribution in [2.75, 3.05) is 13.7 Å². The fraction of sp³-hybridized carbons (Fsp3) is 0.400. The number of nitrogens with one attached hydrogen (secondary N) is 1. The van der Waals surface area contributed by atoms with Crippen LogP contribution in [-0.4, -0.2) is 13.7 Å². The van der Waals surface area contributed by atoms with Gasteiger partial charge < -0.3 is 10.1 Å². The van der Waals surface area contributed by atoms with Crippen LogP contribution in [0.25, 0.3) is 0 Å². The first-order chi connectivity index (χ1) is 6.31. The number of hydrogen-bond acceptors (Lipinski definition) is 2. The molecule has 0 aliphatic carbocycles. The molecule has 3 heteroatoms. The number of methoxy groups -OCH3 is 1.